The van der Waals surface area contributed by atoms with Gasteiger partial charge in [-0.1, -0.05) is 32.0 Å². The number of aryl methyl sites for hydroxylation is 1. The van der Waals surface area contributed by atoms with Gasteiger partial charge in [0.25, 0.3) is 0 Å². The minimum Gasteiger partial charge on any atom is -0.304 e. The second-order valence-electron chi connectivity index (χ2n) is 7.21. The van der Waals surface area contributed by atoms with Crippen LogP contribution in [0.25, 0.3) is 0 Å². The summed E-state index contributed by atoms with van der Waals surface area (Å²) in [7, 11) is 2.11. The zero-order chi connectivity index (χ0) is 17.8. The molecule has 0 N–H and O–H groups in total. The summed E-state index contributed by atoms with van der Waals surface area (Å²) in [5.74, 6) is 1.09. The molecule has 7 heteroatoms. The van der Waals surface area contributed by atoms with Gasteiger partial charge in [-0.2, -0.15) is 0 Å². The van der Waals surface area contributed by atoms with E-state index in [9.17, 15) is 4.39 Å². The molecule has 1 fully saturated rings. The predicted molar refractivity (Wildman–Crippen MR) is 94.6 cm³/mol. The first-order valence-electron chi connectivity index (χ1n) is 8.99. The maximum absolute atomic E-state index is 14.6. The van der Waals surface area contributed by atoms with E-state index in [-0.39, 0.29) is 11.9 Å². The minimum absolute atomic E-state index is 0.204. The van der Waals surface area contributed by atoms with Crippen LogP contribution in [0, 0.1) is 11.7 Å². The molecule has 1 aliphatic heterocycles. The summed E-state index contributed by atoms with van der Waals surface area (Å²) in [6.45, 7) is 8.76. The summed E-state index contributed by atoms with van der Waals surface area (Å²) in [4.78, 5) is 4.58. The average Bonchev–Trinajstić information content (AvgIpc) is 3.05. The third kappa shape index (κ3) is 4.22. The molecular weight excluding hydrogens is 319 g/mol. The molecule has 0 spiro atoms. The Morgan fingerprint density at radius 1 is 1.12 bits per heavy atom. The highest BCUT2D eigenvalue weighted by molar-refractivity contribution is 5.26. The fourth-order valence-electron chi connectivity index (χ4n) is 3.22. The summed E-state index contributed by atoms with van der Waals surface area (Å²) in [5.41, 5.74) is 0.646. The lowest BCUT2D eigenvalue weighted by Crippen LogP contribution is -2.47. The summed E-state index contributed by atoms with van der Waals surface area (Å²) >= 11 is 0. The van der Waals surface area contributed by atoms with Crippen LogP contribution in [-0.4, -0.2) is 63.2 Å². The molecular formula is C18H27FN6. The van der Waals surface area contributed by atoms with Crippen LogP contribution in [-0.2, 0) is 6.54 Å². The lowest BCUT2D eigenvalue weighted by atomic mass is 10.0. The zero-order valence-electron chi connectivity index (χ0n) is 15.3. The van der Waals surface area contributed by atoms with E-state index in [4.69, 9.17) is 0 Å². The number of hydrogen-bond acceptors (Lipinski definition) is 5. The van der Waals surface area contributed by atoms with Gasteiger partial charge >= 0.3 is 0 Å². The molecule has 1 saturated heterocycles. The van der Waals surface area contributed by atoms with Crippen LogP contribution < -0.4 is 0 Å². The van der Waals surface area contributed by atoms with E-state index in [0.717, 1.165) is 45.0 Å². The Labute approximate surface area is 148 Å². The van der Waals surface area contributed by atoms with Gasteiger partial charge in [-0.15, -0.1) is 5.10 Å². The third-order valence-electron chi connectivity index (χ3n) is 4.83. The van der Waals surface area contributed by atoms with Gasteiger partial charge in [0.15, 0.2) is 5.82 Å². The Morgan fingerprint density at radius 3 is 2.52 bits per heavy atom. The Kier molecular flexibility index (Phi) is 5.75. The summed E-state index contributed by atoms with van der Waals surface area (Å²) in [5, 5.41) is 12.3. The van der Waals surface area contributed by atoms with Crippen molar-refractivity contribution in [3.8, 4) is 0 Å². The first kappa shape index (κ1) is 17.9. The molecule has 0 amide bonds. The van der Waals surface area contributed by atoms with Crippen LogP contribution in [0.4, 0.5) is 4.39 Å². The SMILES string of the molecule is CC(C)CCn1nnnc1C(c1ccccc1F)N1CCN(C)CC1. The topological polar surface area (TPSA) is 50.1 Å². The van der Waals surface area contributed by atoms with E-state index in [0.29, 0.717) is 11.5 Å². The molecule has 3 rings (SSSR count). The van der Waals surface area contributed by atoms with E-state index in [2.05, 4.69) is 46.2 Å². The van der Waals surface area contributed by atoms with Gasteiger partial charge in [0.1, 0.15) is 11.9 Å². The van der Waals surface area contributed by atoms with Gasteiger partial charge in [-0.3, -0.25) is 4.90 Å². The lowest BCUT2D eigenvalue weighted by Gasteiger charge is -2.37. The van der Waals surface area contributed by atoms with Crippen molar-refractivity contribution >= 4 is 0 Å². The maximum atomic E-state index is 14.6. The molecule has 1 atom stereocenters. The maximum Gasteiger partial charge on any atom is 0.173 e. The van der Waals surface area contributed by atoms with E-state index >= 15 is 0 Å². The van der Waals surface area contributed by atoms with Crippen molar-refractivity contribution in [2.24, 2.45) is 5.92 Å². The van der Waals surface area contributed by atoms with Crippen LogP contribution in [0.15, 0.2) is 24.3 Å². The minimum atomic E-state index is -0.253. The molecule has 2 heterocycles. The molecule has 6 nitrogen and oxygen atoms in total. The van der Waals surface area contributed by atoms with E-state index < -0.39 is 0 Å². The number of hydrogen-bond donors (Lipinski definition) is 0. The van der Waals surface area contributed by atoms with Crippen molar-refractivity contribution in [1.29, 1.82) is 0 Å². The number of aromatic nitrogens is 4. The van der Waals surface area contributed by atoms with Gasteiger partial charge < -0.3 is 4.90 Å². The Morgan fingerprint density at radius 2 is 1.84 bits per heavy atom. The summed E-state index contributed by atoms with van der Waals surface area (Å²) < 4.78 is 16.4. The fraction of sp³-hybridized carbons (Fsp3) is 0.611. The second kappa shape index (κ2) is 8.01. The predicted octanol–water partition coefficient (Wildman–Crippen LogP) is 2.20. The van der Waals surface area contributed by atoms with Crippen molar-refractivity contribution in [3.63, 3.8) is 0 Å². The molecule has 1 aromatic carbocycles. The average molecular weight is 346 g/mol. The molecule has 0 bridgehead atoms. The molecule has 1 unspecified atom stereocenters. The molecule has 2 aromatic rings. The van der Waals surface area contributed by atoms with Crippen molar-refractivity contribution in [2.45, 2.75) is 32.9 Å². The smallest absolute Gasteiger partial charge is 0.173 e. The zero-order valence-corrected chi connectivity index (χ0v) is 15.3. The van der Waals surface area contributed by atoms with Crippen molar-refractivity contribution in [1.82, 2.24) is 30.0 Å². The van der Waals surface area contributed by atoms with Crippen molar-refractivity contribution in [2.75, 3.05) is 33.2 Å². The highest BCUT2D eigenvalue weighted by atomic mass is 19.1. The van der Waals surface area contributed by atoms with Gasteiger partial charge in [0.05, 0.1) is 0 Å². The van der Waals surface area contributed by atoms with Crippen LogP contribution in [0.3, 0.4) is 0 Å². The quantitative estimate of drug-likeness (QED) is 0.802. The van der Waals surface area contributed by atoms with Gasteiger partial charge in [0.2, 0.25) is 0 Å². The highest BCUT2D eigenvalue weighted by Gasteiger charge is 2.31. The lowest BCUT2D eigenvalue weighted by molar-refractivity contribution is 0.119. The number of likely N-dealkylation sites (N-methyl/N-ethyl adjacent to an activating group) is 1. The Hall–Kier alpha value is -1.86. The first-order chi connectivity index (χ1) is 12.1. The monoisotopic (exact) mass is 346 g/mol. The Balaban J connectivity index is 1.95. The van der Waals surface area contributed by atoms with E-state index in [1.54, 1.807) is 6.07 Å². The molecule has 136 valence electrons. The molecule has 25 heavy (non-hydrogen) atoms. The van der Waals surface area contributed by atoms with Gasteiger partial charge in [-0.25, -0.2) is 9.07 Å². The highest BCUT2D eigenvalue weighted by Crippen LogP contribution is 2.29. The van der Waals surface area contributed by atoms with Crippen LogP contribution in [0.5, 0.6) is 0 Å². The third-order valence-corrected chi connectivity index (χ3v) is 4.83. The number of nitrogens with zero attached hydrogens (tertiary/aromatic N) is 6. The fourth-order valence-corrected chi connectivity index (χ4v) is 3.22. The molecule has 0 radical (unpaired) electrons. The van der Waals surface area contributed by atoms with E-state index in [1.165, 1.54) is 6.07 Å². The molecule has 0 saturated carbocycles. The number of rotatable bonds is 6. The molecule has 1 aromatic heterocycles. The second-order valence-corrected chi connectivity index (χ2v) is 7.21. The summed E-state index contributed by atoms with van der Waals surface area (Å²) in [6, 6.07) is 6.71. The number of piperazine rings is 1. The van der Waals surface area contributed by atoms with Gasteiger partial charge in [0, 0.05) is 38.3 Å². The largest absolute Gasteiger partial charge is 0.304 e. The number of halogens is 1. The number of tetrazole rings is 1. The molecule has 1 aliphatic rings. The number of benzene rings is 1. The van der Waals surface area contributed by atoms with Crippen LogP contribution >= 0.6 is 0 Å². The summed E-state index contributed by atoms with van der Waals surface area (Å²) in [6.07, 6.45) is 0.991. The van der Waals surface area contributed by atoms with Gasteiger partial charge in [-0.05, 0) is 35.9 Å². The van der Waals surface area contributed by atoms with Crippen molar-refractivity contribution in [3.05, 3.63) is 41.5 Å². The normalized spacial score (nSPS) is 18.0. The Bertz CT molecular complexity index is 678. The molecule has 0 aliphatic carbocycles. The van der Waals surface area contributed by atoms with Crippen LogP contribution in [0.2, 0.25) is 0 Å². The standard InChI is InChI=1S/C18H27FN6/c1-14(2)8-9-25-18(20-21-22-25)17(15-6-4-5-7-16(15)19)24-12-10-23(3)11-13-24/h4-7,14,17H,8-13H2,1-3H3. The van der Waals surface area contributed by atoms with E-state index in [1.807, 2.05) is 16.8 Å². The van der Waals surface area contributed by atoms with Crippen molar-refractivity contribution < 1.29 is 4.39 Å². The van der Waals surface area contributed by atoms with Crippen LogP contribution in [0.1, 0.15) is 37.7 Å². The first-order valence-corrected chi connectivity index (χ1v) is 8.99.